The number of likely N-dealkylation sites (tertiary alicyclic amines) is 1. The van der Waals surface area contributed by atoms with Crippen LogP contribution in [0.5, 0.6) is 0 Å². The predicted octanol–water partition coefficient (Wildman–Crippen LogP) is 1.12. The van der Waals surface area contributed by atoms with Crippen molar-refractivity contribution in [2.24, 2.45) is 18.9 Å². The van der Waals surface area contributed by atoms with Crippen LogP contribution in [0.15, 0.2) is 16.8 Å². The molecule has 0 bridgehead atoms. The van der Waals surface area contributed by atoms with Gasteiger partial charge in [-0.1, -0.05) is 23.4 Å². The molecule has 0 spiro atoms. The van der Waals surface area contributed by atoms with Crippen LogP contribution >= 0.6 is 11.8 Å². The number of fused-ring (bicyclic) bond motifs is 1. The first-order valence-corrected chi connectivity index (χ1v) is 7.90. The normalized spacial score (nSPS) is 25.5. The number of hydrogen-bond donors (Lipinski definition) is 0. The van der Waals surface area contributed by atoms with Crippen molar-refractivity contribution < 1.29 is 4.79 Å². The summed E-state index contributed by atoms with van der Waals surface area (Å²) in [5.74, 6) is 1.93. The van der Waals surface area contributed by atoms with Crippen molar-refractivity contribution in [2.45, 2.75) is 24.9 Å². The van der Waals surface area contributed by atoms with Gasteiger partial charge >= 0.3 is 0 Å². The number of allylic oxidation sites excluding steroid dienone is 2. The third-order valence-electron chi connectivity index (χ3n) is 4.19. The van der Waals surface area contributed by atoms with Crippen molar-refractivity contribution in [2.75, 3.05) is 18.8 Å². The molecule has 20 heavy (non-hydrogen) atoms. The zero-order valence-electron chi connectivity index (χ0n) is 11.8. The Bertz CT molecular complexity index is 541. The van der Waals surface area contributed by atoms with Gasteiger partial charge in [0.25, 0.3) is 0 Å². The third kappa shape index (κ3) is 2.72. The summed E-state index contributed by atoms with van der Waals surface area (Å²) in [5, 5.41) is 11.9. The van der Waals surface area contributed by atoms with Crippen LogP contribution in [0.25, 0.3) is 0 Å². The van der Waals surface area contributed by atoms with Gasteiger partial charge in [-0.2, -0.15) is 0 Å². The van der Waals surface area contributed by atoms with E-state index in [0.29, 0.717) is 22.7 Å². The summed E-state index contributed by atoms with van der Waals surface area (Å²) >= 11 is 1.41. The quantitative estimate of drug-likeness (QED) is 0.617. The van der Waals surface area contributed by atoms with E-state index < -0.39 is 0 Å². The van der Waals surface area contributed by atoms with E-state index in [4.69, 9.17) is 0 Å². The van der Waals surface area contributed by atoms with Gasteiger partial charge in [0.05, 0.1) is 5.75 Å². The van der Waals surface area contributed by atoms with Crippen LogP contribution in [-0.2, 0) is 11.8 Å². The molecule has 0 radical (unpaired) electrons. The highest BCUT2D eigenvalue weighted by molar-refractivity contribution is 7.99. The van der Waals surface area contributed by atoms with Gasteiger partial charge in [-0.15, -0.1) is 5.10 Å². The largest absolute Gasteiger partial charge is 0.341 e. The number of rotatable bonds is 3. The van der Waals surface area contributed by atoms with E-state index in [2.05, 4.69) is 28.5 Å². The fraction of sp³-hybridized carbons (Fsp3) is 0.692. The van der Waals surface area contributed by atoms with Crippen molar-refractivity contribution in [3.05, 3.63) is 11.6 Å². The second-order valence-electron chi connectivity index (χ2n) is 5.68. The summed E-state index contributed by atoms with van der Waals surface area (Å²) in [6, 6.07) is 0. The monoisotopic (exact) mass is 293 g/mol. The van der Waals surface area contributed by atoms with Gasteiger partial charge in [-0.05, 0) is 42.0 Å². The van der Waals surface area contributed by atoms with Crippen molar-refractivity contribution in [3.63, 3.8) is 0 Å². The highest BCUT2D eigenvalue weighted by Crippen LogP contribution is 2.35. The van der Waals surface area contributed by atoms with Crippen LogP contribution in [0.4, 0.5) is 0 Å². The zero-order chi connectivity index (χ0) is 14.1. The molecule has 0 unspecified atom stereocenters. The number of amides is 1. The van der Waals surface area contributed by atoms with E-state index >= 15 is 0 Å². The van der Waals surface area contributed by atoms with Crippen LogP contribution in [0.3, 0.4) is 0 Å². The van der Waals surface area contributed by atoms with Crippen molar-refractivity contribution in [1.29, 1.82) is 0 Å². The molecule has 7 heteroatoms. The maximum Gasteiger partial charge on any atom is 0.233 e. The SMILES string of the molecule is CC1=CC[C@@H]2CN(C(=O)CSc3nnnn3C)C[C@@H]2C1. The lowest BCUT2D eigenvalue weighted by Gasteiger charge is -2.21. The molecule has 1 aliphatic carbocycles. The Kier molecular flexibility index (Phi) is 3.78. The highest BCUT2D eigenvalue weighted by Gasteiger charge is 2.36. The summed E-state index contributed by atoms with van der Waals surface area (Å²) in [7, 11) is 1.78. The second kappa shape index (κ2) is 5.55. The first kappa shape index (κ1) is 13.6. The van der Waals surface area contributed by atoms with E-state index in [1.54, 1.807) is 11.7 Å². The maximum absolute atomic E-state index is 12.3. The summed E-state index contributed by atoms with van der Waals surface area (Å²) in [6.07, 6.45) is 4.60. The van der Waals surface area contributed by atoms with E-state index in [-0.39, 0.29) is 5.91 Å². The van der Waals surface area contributed by atoms with E-state index in [1.807, 2.05) is 4.90 Å². The van der Waals surface area contributed by atoms with Gasteiger partial charge < -0.3 is 4.90 Å². The Morgan fingerprint density at radius 3 is 3.00 bits per heavy atom. The van der Waals surface area contributed by atoms with Crippen LogP contribution in [-0.4, -0.2) is 49.9 Å². The molecule has 2 heterocycles. The number of carbonyl (C=O) groups excluding carboxylic acids is 1. The molecule has 0 saturated carbocycles. The fourth-order valence-electron chi connectivity index (χ4n) is 3.05. The Morgan fingerprint density at radius 2 is 2.25 bits per heavy atom. The summed E-state index contributed by atoms with van der Waals surface area (Å²) in [6.45, 7) is 4.01. The highest BCUT2D eigenvalue weighted by atomic mass is 32.2. The molecule has 1 saturated heterocycles. The Labute approximate surface area is 122 Å². The molecule has 1 aliphatic heterocycles. The molecular formula is C13H19N5OS. The number of carbonyl (C=O) groups is 1. The van der Waals surface area contributed by atoms with Crippen LogP contribution in [0.2, 0.25) is 0 Å². The molecule has 0 aromatic carbocycles. The van der Waals surface area contributed by atoms with Crippen LogP contribution in [0, 0.1) is 11.8 Å². The van der Waals surface area contributed by atoms with Crippen LogP contribution < -0.4 is 0 Å². The molecular weight excluding hydrogens is 274 g/mol. The minimum absolute atomic E-state index is 0.199. The summed E-state index contributed by atoms with van der Waals surface area (Å²) < 4.78 is 1.59. The number of tetrazole rings is 1. The lowest BCUT2D eigenvalue weighted by atomic mass is 9.83. The number of nitrogens with zero attached hydrogens (tertiary/aromatic N) is 5. The van der Waals surface area contributed by atoms with E-state index in [9.17, 15) is 4.79 Å². The third-order valence-corrected chi connectivity index (χ3v) is 5.18. The number of thioether (sulfide) groups is 1. The Morgan fingerprint density at radius 1 is 1.45 bits per heavy atom. The van der Waals surface area contributed by atoms with Gasteiger partial charge in [0.15, 0.2) is 0 Å². The molecule has 1 aromatic heterocycles. The van der Waals surface area contributed by atoms with Crippen molar-refractivity contribution >= 4 is 17.7 Å². The summed E-state index contributed by atoms with van der Waals surface area (Å²) in [5.41, 5.74) is 1.47. The summed E-state index contributed by atoms with van der Waals surface area (Å²) in [4.78, 5) is 14.3. The second-order valence-corrected chi connectivity index (χ2v) is 6.63. The van der Waals surface area contributed by atoms with Gasteiger partial charge in [0.2, 0.25) is 11.1 Å². The predicted molar refractivity (Wildman–Crippen MR) is 76.1 cm³/mol. The molecule has 1 aromatic rings. The van der Waals surface area contributed by atoms with Crippen LogP contribution in [0.1, 0.15) is 19.8 Å². The lowest BCUT2D eigenvalue weighted by molar-refractivity contribution is -0.127. The zero-order valence-corrected chi connectivity index (χ0v) is 12.6. The minimum atomic E-state index is 0.199. The Hall–Kier alpha value is -1.37. The van der Waals surface area contributed by atoms with Gasteiger partial charge in [0.1, 0.15) is 0 Å². The van der Waals surface area contributed by atoms with Gasteiger partial charge in [0, 0.05) is 20.1 Å². The topological polar surface area (TPSA) is 63.9 Å². The molecule has 1 amide bonds. The number of aryl methyl sites for hydroxylation is 1. The molecule has 6 nitrogen and oxygen atoms in total. The molecule has 2 atom stereocenters. The standard InChI is InChI=1S/C13H19N5OS/c1-9-3-4-10-6-18(7-11(10)5-9)12(19)8-20-13-14-15-16-17(13)2/h3,10-11H,4-8H2,1-2H3/t10-,11+/m1/s1. The van der Waals surface area contributed by atoms with Gasteiger partial charge in [-0.3, -0.25) is 4.79 Å². The Balaban J connectivity index is 1.53. The minimum Gasteiger partial charge on any atom is -0.341 e. The molecule has 108 valence electrons. The molecule has 2 aliphatic rings. The van der Waals surface area contributed by atoms with E-state index in [1.165, 1.54) is 17.3 Å². The van der Waals surface area contributed by atoms with Gasteiger partial charge in [-0.25, -0.2) is 4.68 Å². The van der Waals surface area contributed by atoms with E-state index in [0.717, 1.165) is 25.9 Å². The number of aromatic nitrogens is 4. The van der Waals surface area contributed by atoms with Crippen molar-refractivity contribution in [1.82, 2.24) is 25.1 Å². The first-order chi connectivity index (χ1) is 9.63. The average molecular weight is 293 g/mol. The molecule has 3 rings (SSSR count). The molecule has 1 fully saturated rings. The fourth-order valence-corrected chi connectivity index (χ4v) is 3.80. The smallest absolute Gasteiger partial charge is 0.233 e. The average Bonchev–Trinajstić information content (AvgIpc) is 3.01. The maximum atomic E-state index is 12.3. The lowest BCUT2D eigenvalue weighted by Crippen LogP contribution is -2.30. The molecule has 0 N–H and O–H groups in total. The first-order valence-electron chi connectivity index (χ1n) is 6.92. The van der Waals surface area contributed by atoms with Crippen molar-refractivity contribution in [3.8, 4) is 0 Å². The number of hydrogen-bond acceptors (Lipinski definition) is 5.